The van der Waals surface area contributed by atoms with E-state index in [9.17, 15) is 0 Å². The molecule has 1 fully saturated rings. The number of hydroxylamine groups is 2. The largest absolute Gasteiger partial charge is 0.493 e. The third-order valence-corrected chi connectivity index (χ3v) is 2.91. The van der Waals surface area contributed by atoms with Crippen molar-refractivity contribution in [3.05, 3.63) is 18.2 Å². The van der Waals surface area contributed by atoms with E-state index in [4.69, 9.17) is 14.3 Å². The van der Waals surface area contributed by atoms with E-state index in [1.807, 2.05) is 23.3 Å². The molecule has 0 bridgehead atoms. The number of hydrogen-bond acceptors (Lipinski definition) is 4. The third kappa shape index (κ3) is 2.82. The fourth-order valence-corrected chi connectivity index (χ4v) is 2.02. The first-order valence-electron chi connectivity index (χ1n) is 5.99. The van der Waals surface area contributed by atoms with E-state index in [1.165, 1.54) is 19.3 Å². The highest BCUT2D eigenvalue weighted by Crippen LogP contribution is 2.37. The fourth-order valence-electron chi connectivity index (χ4n) is 2.02. The van der Waals surface area contributed by atoms with Gasteiger partial charge in [-0.1, -0.05) is 12.5 Å². The summed E-state index contributed by atoms with van der Waals surface area (Å²) in [6.07, 6.45) is 3.66. The molecule has 4 nitrogen and oxygen atoms in total. The summed E-state index contributed by atoms with van der Waals surface area (Å²) in [5.41, 5.74) is 0. The average Bonchev–Trinajstić information content (AvgIpc) is 2.39. The van der Waals surface area contributed by atoms with Crippen LogP contribution in [0, 0.1) is 0 Å². The van der Waals surface area contributed by atoms with Crippen molar-refractivity contribution in [1.29, 1.82) is 0 Å². The van der Waals surface area contributed by atoms with E-state index in [2.05, 4.69) is 0 Å². The van der Waals surface area contributed by atoms with Crippen LogP contribution in [0.1, 0.15) is 19.3 Å². The maximum Gasteiger partial charge on any atom is 0.205 e. The smallest absolute Gasteiger partial charge is 0.205 e. The number of hydrogen-bond donors (Lipinski definition) is 0. The molecule has 0 atom stereocenters. The molecule has 1 heterocycles. The van der Waals surface area contributed by atoms with E-state index < -0.39 is 0 Å². The van der Waals surface area contributed by atoms with Gasteiger partial charge in [0, 0.05) is 13.1 Å². The predicted octanol–water partition coefficient (Wildman–Crippen LogP) is 2.48. The molecule has 1 aromatic carbocycles. The molecule has 1 aromatic rings. The first kappa shape index (κ1) is 12.0. The summed E-state index contributed by atoms with van der Waals surface area (Å²) < 4.78 is 10.6. The Morgan fingerprint density at radius 2 is 1.65 bits per heavy atom. The molecule has 0 aromatic heterocycles. The zero-order valence-corrected chi connectivity index (χ0v) is 10.4. The highest BCUT2D eigenvalue weighted by molar-refractivity contribution is 5.50. The highest BCUT2D eigenvalue weighted by atomic mass is 16.7. The average molecular weight is 237 g/mol. The van der Waals surface area contributed by atoms with Crippen molar-refractivity contribution >= 4 is 0 Å². The van der Waals surface area contributed by atoms with Gasteiger partial charge in [-0.2, -0.15) is 0 Å². The van der Waals surface area contributed by atoms with Crippen molar-refractivity contribution in [1.82, 2.24) is 5.06 Å². The van der Waals surface area contributed by atoms with Gasteiger partial charge in [0.15, 0.2) is 11.5 Å². The number of ether oxygens (including phenoxy) is 2. The Bertz CT molecular complexity index is 362. The number of methoxy groups -OCH3 is 2. The molecule has 1 aliphatic rings. The SMILES string of the molecule is COc1cccc(ON2CCCCC2)c1OC. The number of nitrogens with zero attached hydrogens (tertiary/aromatic N) is 1. The normalized spacial score (nSPS) is 16.6. The first-order chi connectivity index (χ1) is 8.35. The van der Waals surface area contributed by atoms with Crippen LogP contribution >= 0.6 is 0 Å². The maximum atomic E-state index is 5.85. The van der Waals surface area contributed by atoms with Crippen LogP contribution in [0.5, 0.6) is 17.2 Å². The minimum Gasteiger partial charge on any atom is -0.493 e. The van der Waals surface area contributed by atoms with Gasteiger partial charge < -0.3 is 14.3 Å². The second-order valence-electron chi connectivity index (χ2n) is 4.07. The molecule has 0 saturated carbocycles. The Kier molecular flexibility index (Phi) is 4.09. The predicted molar refractivity (Wildman–Crippen MR) is 65.6 cm³/mol. The van der Waals surface area contributed by atoms with Gasteiger partial charge in [-0.15, -0.1) is 5.06 Å². The van der Waals surface area contributed by atoms with E-state index in [-0.39, 0.29) is 0 Å². The molecule has 0 N–H and O–H groups in total. The summed E-state index contributed by atoms with van der Waals surface area (Å²) >= 11 is 0. The van der Waals surface area contributed by atoms with Crippen molar-refractivity contribution < 1.29 is 14.3 Å². The van der Waals surface area contributed by atoms with Crippen LogP contribution in [-0.4, -0.2) is 32.4 Å². The summed E-state index contributed by atoms with van der Waals surface area (Å²) in [6.45, 7) is 1.95. The Labute approximate surface area is 102 Å². The van der Waals surface area contributed by atoms with Gasteiger partial charge in [-0.3, -0.25) is 0 Å². The Hall–Kier alpha value is -1.42. The van der Waals surface area contributed by atoms with Crippen molar-refractivity contribution in [3.8, 4) is 17.2 Å². The van der Waals surface area contributed by atoms with Gasteiger partial charge >= 0.3 is 0 Å². The molecule has 2 rings (SSSR count). The zero-order chi connectivity index (χ0) is 12.1. The molecule has 0 aliphatic carbocycles. The monoisotopic (exact) mass is 237 g/mol. The van der Waals surface area contributed by atoms with Gasteiger partial charge in [0.05, 0.1) is 14.2 Å². The van der Waals surface area contributed by atoms with Crippen molar-refractivity contribution in [2.45, 2.75) is 19.3 Å². The first-order valence-corrected chi connectivity index (χ1v) is 5.99. The van der Waals surface area contributed by atoms with Gasteiger partial charge in [0.2, 0.25) is 5.75 Å². The molecule has 94 valence electrons. The molecule has 0 spiro atoms. The minimum absolute atomic E-state index is 0.653. The molecular weight excluding hydrogens is 218 g/mol. The molecule has 4 heteroatoms. The van der Waals surface area contributed by atoms with Crippen molar-refractivity contribution in [2.75, 3.05) is 27.3 Å². The number of benzene rings is 1. The Morgan fingerprint density at radius 3 is 2.29 bits per heavy atom. The minimum atomic E-state index is 0.653. The van der Waals surface area contributed by atoms with Crippen LogP contribution in [0.15, 0.2) is 18.2 Å². The number of piperidine rings is 1. The molecule has 0 unspecified atom stereocenters. The van der Waals surface area contributed by atoms with Crippen LogP contribution < -0.4 is 14.3 Å². The Morgan fingerprint density at radius 1 is 0.941 bits per heavy atom. The molecule has 17 heavy (non-hydrogen) atoms. The summed E-state index contributed by atoms with van der Waals surface area (Å²) in [5.74, 6) is 2.07. The van der Waals surface area contributed by atoms with Crippen LogP contribution in [0.4, 0.5) is 0 Å². The highest BCUT2D eigenvalue weighted by Gasteiger charge is 2.16. The quantitative estimate of drug-likeness (QED) is 0.805. The summed E-state index contributed by atoms with van der Waals surface area (Å²) in [4.78, 5) is 5.85. The lowest BCUT2D eigenvalue weighted by atomic mass is 10.2. The number of rotatable bonds is 4. The summed E-state index contributed by atoms with van der Waals surface area (Å²) in [7, 11) is 3.25. The van der Waals surface area contributed by atoms with E-state index in [0.717, 1.165) is 13.1 Å². The molecule has 1 saturated heterocycles. The van der Waals surface area contributed by atoms with Crippen LogP contribution in [0.2, 0.25) is 0 Å². The second-order valence-corrected chi connectivity index (χ2v) is 4.07. The van der Waals surface area contributed by atoms with Crippen molar-refractivity contribution in [2.24, 2.45) is 0 Å². The van der Waals surface area contributed by atoms with E-state index in [0.29, 0.717) is 17.2 Å². The van der Waals surface area contributed by atoms with Crippen LogP contribution in [0.25, 0.3) is 0 Å². The summed E-state index contributed by atoms with van der Waals surface area (Å²) in [6, 6.07) is 5.67. The van der Waals surface area contributed by atoms with Crippen molar-refractivity contribution in [3.63, 3.8) is 0 Å². The van der Waals surface area contributed by atoms with Gasteiger partial charge in [-0.25, -0.2) is 0 Å². The van der Waals surface area contributed by atoms with E-state index in [1.54, 1.807) is 14.2 Å². The molecular formula is C13H19NO3. The van der Waals surface area contributed by atoms with Crippen LogP contribution in [0.3, 0.4) is 0 Å². The lowest BCUT2D eigenvalue weighted by molar-refractivity contribution is -0.0737. The molecule has 0 radical (unpaired) electrons. The second kappa shape index (κ2) is 5.77. The van der Waals surface area contributed by atoms with Gasteiger partial charge in [0.1, 0.15) is 0 Å². The lowest BCUT2D eigenvalue weighted by Crippen LogP contribution is -2.32. The zero-order valence-electron chi connectivity index (χ0n) is 10.4. The topological polar surface area (TPSA) is 30.9 Å². The standard InChI is InChI=1S/C13H19NO3/c1-15-11-7-6-8-12(13(11)16-2)17-14-9-4-3-5-10-14/h6-8H,3-5,9-10H2,1-2H3. The number of para-hydroxylation sites is 1. The van der Waals surface area contributed by atoms with Gasteiger partial charge in [-0.05, 0) is 25.0 Å². The lowest BCUT2D eigenvalue weighted by Gasteiger charge is -2.26. The Balaban J connectivity index is 2.13. The maximum absolute atomic E-state index is 5.85. The van der Waals surface area contributed by atoms with Crippen LogP contribution in [-0.2, 0) is 0 Å². The molecule has 1 aliphatic heterocycles. The summed E-state index contributed by atoms with van der Waals surface area (Å²) in [5, 5.41) is 1.99. The van der Waals surface area contributed by atoms with E-state index >= 15 is 0 Å². The third-order valence-electron chi connectivity index (χ3n) is 2.91. The fraction of sp³-hybridized carbons (Fsp3) is 0.538. The molecule has 0 amide bonds. The van der Waals surface area contributed by atoms with Gasteiger partial charge in [0.25, 0.3) is 0 Å².